The van der Waals surface area contributed by atoms with E-state index in [9.17, 15) is 4.39 Å². The summed E-state index contributed by atoms with van der Waals surface area (Å²) < 4.78 is 13.0. The number of nitrogens with one attached hydrogen (secondary N) is 1. The summed E-state index contributed by atoms with van der Waals surface area (Å²) in [6.45, 7) is 0.704. The van der Waals surface area contributed by atoms with Crippen molar-refractivity contribution in [2.24, 2.45) is 5.73 Å². The van der Waals surface area contributed by atoms with Crippen LogP contribution < -0.4 is 11.1 Å². The van der Waals surface area contributed by atoms with E-state index >= 15 is 0 Å². The van der Waals surface area contributed by atoms with Gasteiger partial charge in [0.25, 0.3) is 0 Å². The zero-order valence-electron chi connectivity index (χ0n) is 9.45. The molecule has 1 aliphatic rings. The molecule has 16 heavy (non-hydrogen) atoms. The first-order chi connectivity index (χ1) is 7.75. The van der Waals surface area contributed by atoms with Crippen LogP contribution in [0.25, 0.3) is 0 Å². The van der Waals surface area contributed by atoms with E-state index in [1.807, 2.05) is 6.07 Å². The predicted molar refractivity (Wildman–Crippen MR) is 63.5 cm³/mol. The molecule has 0 heterocycles. The molecule has 1 saturated carbocycles. The maximum Gasteiger partial charge on any atom is 0.123 e. The third-order valence-corrected chi connectivity index (χ3v) is 3.28. The summed E-state index contributed by atoms with van der Waals surface area (Å²) in [5, 5.41) is 3.42. The van der Waals surface area contributed by atoms with Gasteiger partial charge in [0.1, 0.15) is 5.82 Å². The van der Waals surface area contributed by atoms with Crippen molar-refractivity contribution in [3.8, 4) is 0 Å². The van der Waals surface area contributed by atoms with Crippen LogP contribution in [-0.2, 0) is 6.54 Å². The largest absolute Gasteiger partial charge is 0.326 e. The van der Waals surface area contributed by atoms with Crippen molar-refractivity contribution >= 4 is 0 Å². The van der Waals surface area contributed by atoms with E-state index in [0.29, 0.717) is 12.6 Å². The van der Waals surface area contributed by atoms with Crippen LogP contribution in [0.15, 0.2) is 24.3 Å². The van der Waals surface area contributed by atoms with Gasteiger partial charge in [-0.15, -0.1) is 0 Å². The maximum atomic E-state index is 13.0. The molecule has 1 aromatic carbocycles. The van der Waals surface area contributed by atoms with Gasteiger partial charge in [-0.3, -0.25) is 0 Å². The monoisotopic (exact) mass is 222 g/mol. The zero-order chi connectivity index (χ0) is 11.4. The number of nitrogens with two attached hydrogens (primary N) is 1. The minimum atomic E-state index is -0.174. The topological polar surface area (TPSA) is 38.0 Å². The number of rotatable bonds is 3. The Hall–Kier alpha value is -0.930. The van der Waals surface area contributed by atoms with Crippen LogP contribution >= 0.6 is 0 Å². The first kappa shape index (κ1) is 11.6. The quantitative estimate of drug-likeness (QED) is 0.822. The second-order valence-electron chi connectivity index (χ2n) is 4.57. The van der Waals surface area contributed by atoms with Gasteiger partial charge in [0.05, 0.1) is 0 Å². The molecule has 0 saturated heterocycles. The maximum absolute atomic E-state index is 13.0. The van der Waals surface area contributed by atoms with Crippen LogP contribution in [0.5, 0.6) is 0 Å². The fourth-order valence-corrected chi connectivity index (χ4v) is 2.31. The predicted octanol–water partition coefficient (Wildman–Crippen LogP) is 2.19. The van der Waals surface area contributed by atoms with Crippen molar-refractivity contribution in [3.05, 3.63) is 35.6 Å². The van der Waals surface area contributed by atoms with Gasteiger partial charge in [-0.05, 0) is 30.5 Å². The number of benzene rings is 1. The van der Waals surface area contributed by atoms with Crippen LogP contribution in [-0.4, -0.2) is 12.1 Å². The van der Waals surface area contributed by atoms with E-state index in [1.165, 1.54) is 18.9 Å². The van der Waals surface area contributed by atoms with E-state index in [4.69, 9.17) is 5.73 Å². The van der Waals surface area contributed by atoms with E-state index in [-0.39, 0.29) is 11.9 Å². The normalized spacial score (nSPS) is 25.6. The van der Waals surface area contributed by atoms with E-state index in [1.54, 1.807) is 12.1 Å². The Morgan fingerprint density at radius 2 is 2.12 bits per heavy atom. The Morgan fingerprint density at radius 3 is 2.88 bits per heavy atom. The van der Waals surface area contributed by atoms with Gasteiger partial charge in [-0.1, -0.05) is 25.0 Å². The molecule has 0 spiro atoms. The molecule has 0 aromatic heterocycles. The Kier molecular flexibility index (Phi) is 3.91. The van der Waals surface area contributed by atoms with Crippen molar-refractivity contribution in [1.82, 2.24) is 5.32 Å². The van der Waals surface area contributed by atoms with Crippen molar-refractivity contribution in [1.29, 1.82) is 0 Å². The molecule has 1 aliphatic carbocycles. The van der Waals surface area contributed by atoms with Gasteiger partial charge in [0.15, 0.2) is 0 Å². The highest BCUT2D eigenvalue weighted by Gasteiger charge is 2.20. The zero-order valence-corrected chi connectivity index (χ0v) is 9.45. The fraction of sp³-hybridized carbons (Fsp3) is 0.538. The summed E-state index contributed by atoms with van der Waals surface area (Å²) in [6, 6.07) is 7.36. The fourth-order valence-electron chi connectivity index (χ4n) is 2.31. The van der Waals surface area contributed by atoms with Crippen molar-refractivity contribution in [3.63, 3.8) is 0 Å². The van der Waals surface area contributed by atoms with Gasteiger partial charge >= 0.3 is 0 Å². The Morgan fingerprint density at radius 1 is 1.31 bits per heavy atom. The summed E-state index contributed by atoms with van der Waals surface area (Å²) in [5.74, 6) is -0.174. The molecule has 1 aromatic rings. The molecular weight excluding hydrogens is 203 g/mol. The summed E-state index contributed by atoms with van der Waals surface area (Å²) in [4.78, 5) is 0. The molecule has 0 amide bonds. The highest BCUT2D eigenvalue weighted by atomic mass is 19.1. The lowest BCUT2D eigenvalue weighted by molar-refractivity contribution is 0.326. The van der Waals surface area contributed by atoms with Crippen molar-refractivity contribution in [2.45, 2.75) is 44.3 Å². The first-order valence-electron chi connectivity index (χ1n) is 5.99. The minimum Gasteiger partial charge on any atom is -0.326 e. The molecule has 0 aliphatic heterocycles. The van der Waals surface area contributed by atoms with Gasteiger partial charge in [-0.2, -0.15) is 0 Å². The van der Waals surface area contributed by atoms with Crippen LogP contribution in [0.1, 0.15) is 31.2 Å². The molecular formula is C13H19FN2. The average molecular weight is 222 g/mol. The van der Waals surface area contributed by atoms with Crippen molar-refractivity contribution < 1.29 is 4.39 Å². The Labute approximate surface area is 96.0 Å². The lowest BCUT2D eigenvalue weighted by Gasteiger charge is -2.29. The highest BCUT2D eigenvalue weighted by Crippen LogP contribution is 2.17. The average Bonchev–Trinajstić information content (AvgIpc) is 2.28. The van der Waals surface area contributed by atoms with E-state index in [0.717, 1.165) is 18.4 Å². The summed E-state index contributed by atoms with van der Waals surface area (Å²) >= 11 is 0. The molecule has 2 atom stereocenters. The highest BCUT2D eigenvalue weighted by molar-refractivity contribution is 5.16. The molecule has 2 rings (SSSR count). The van der Waals surface area contributed by atoms with Gasteiger partial charge < -0.3 is 11.1 Å². The molecule has 3 N–H and O–H groups in total. The van der Waals surface area contributed by atoms with Gasteiger partial charge in [0, 0.05) is 18.6 Å². The molecule has 2 nitrogen and oxygen atoms in total. The number of hydrogen-bond acceptors (Lipinski definition) is 2. The van der Waals surface area contributed by atoms with Gasteiger partial charge in [-0.25, -0.2) is 4.39 Å². The van der Waals surface area contributed by atoms with E-state index < -0.39 is 0 Å². The smallest absolute Gasteiger partial charge is 0.123 e. The second kappa shape index (κ2) is 5.41. The van der Waals surface area contributed by atoms with Crippen LogP contribution in [0, 0.1) is 5.82 Å². The van der Waals surface area contributed by atoms with Crippen LogP contribution in [0.4, 0.5) is 4.39 Å². The SMILES string of the molecule is N[C@@H]1CCCC[C@H]1NCc1cccc(F)c1. The molecule has 0 radical (unpaired) electrons. The summed E-state index contributed by atoms with van der Waals surface area (Å²) in [5.41, 5.74) is 7.02. The molecule has 0 bridgehead atoms. The lowest BCUT2D eigenvalue weighted by Crippen LogP contribution is -2.46. The lowest BCUT2D eigenvalue weighted by atomic mass is 9.91. The Balaban J connectivity index is 1.86. The van der Waals surface area contributed by atoms with Crippen molar-refractivity contribution in [2.75, 3.05) is 0 Å². The first-order valence-corrected chi connectivity index (χ1v) is 5.99. The number of hydrogen-bond donors (Lipinski definition) is 2. The molecule has 3 heteroatoms. The van der Waals surface area contributed by atoms with Crippen LogP contribution in [0.3, 0.4) is 0 Å². The standard InChI is InChI=1S/C13H19FN2/c14-11-5-3-4-10(8-11)9-16-13-7-2-1-6-12(13)15/h3-5,8,12-13,16H,1-2,6-7,9,15H2/t12-,13-/m1/s1. The van der Waals surface area contributed by atoms with Crippen LogP contribution in [0.2, 0.25) is 0 Å². The third kappa shape index (κ3) is 3.03. The summed E-state index contributed by atoms with van der Waals surface area (Å²) in [7, 11) is 0. The summed E-state index contributed by atoms with van der Waals surface area (Å²) in [6.07, 6.45) is 4.71. The van der Waals surface area contributed by atoms with Gasteiger partial charge in [0.2, 0.25) is 0 Å². The van der Waals surface area contributed by atoms with E-state index in [2.05, 4.69) is 5.32 Å². The minimum absolute atomic E-state index is 0.174. The number of halogens is 1. The molecule has 0 unspecified atom stereocenters. The second-order valence-corrected chi connectivity index (χ2v) is 4.57. The third-order valence-electron chi connectivity index (χ3n) is 3.28. The molecule has 1 fully saturated rings. The molecule has 88 valence electrons. The Bertz CT molecular complexity index is 340.